The maximum Gasteiger partial charge on any atom is 0.128 e. The summed E-state index contributed by atoms with van der Waals surface area (Å²) in [6, 6.07) is 13.1. The molecule has 0 unspecified atom stereocenters. The van der Waals surface area contributed by atoms with Gasteiger partial charge in [-0.05, 0) is 48.6 Å². The fourth-order valence-corrected chi connectivity index (χ4v) is 2.77. The van der Waals surface area contributed by atoms with Crippen molar-refractivity contribution in [3.05, 3.63) is 53.8 Å². The smallest absolute Gasteiger partial charge is 0.128 e. The Kier molecular flexibility index (Phi) is 3.68. The molecule has 0 amide bonds. The first-order chi connectivity index (χ1) is 9.70. The number of hydrogen-bond acceptors (Lipinski definition) is 3. The van der Waals surface area contributed by atoms with Crippen LogP contribution in [0.25, 0.3) is 0 Å². The van der Waals surface area contributed by atoms with Gasteiger partial charge in [0.2, 0.25) is 0 Å². The highest BCUT2D eigenvalue weighted by atomic mass is 32.1. The molecule has 3 rings (SSSR count). The molecule has 1 aliphatic carbocycles. The summed E-state index contributed by atoms with van der Waals surface area (Å²) in [5, 5.41) is 0. The van der Waals surface area contributed by atoms with Crippen molar-refractivity contribution in [2.24, 2.45) is 5.73 Å². The first-order valence-electron chi connectivity index (χ1n) is 6.75. The number of anilines is 2. The second-order valence-electron chi connectivity index (χ2n) is 5.08. The van der Waals surface area contributed by atoms with Crippen molar-refractivity contribution in [1.29, 1.82) is 0 Å². The molecule has 0 aromatic heterocycles. The van der Waals surface area contributed by atoms with Gasteiger partial charge in [0.1, 0.15) is 5.82 Å². The molecule has 0 spiro atoms. The average Bonchev–Trinajstić information content (AvgIpc) is 3.29. The Morgan fingerprint density at radius 3 is 2.50 bits per heavy atom. The largest absolute Gasteiger partial charge is 0.327 e. The van der Waals surface area contributed by atoms with E-state index >= 15 is 0 Å². The quantitative estimate of drug-likeness (QED) is 0.656. The number of nitrogens with zero attached hydrogens (tertiary/aromatic N) is 1. The van der Waals surface area contributed by atoms with Crippen LogP contribution in [0.2, 0.25) is 0 Å². The molecular formula is C16H17FN2S. The third kappa shape index (κ3) is 2.53. The highest BCUT2D eigenvalue weighted by Gasteiger charge is 2.27. The molecule has 0 radical (unpaired) electrons. The fraction of sp³-hybridized carbons (Fsp3) is 0.250. The standard InChI is InChI=1S/C16H17FN2S/c17-14-9-15(16(20)8-13(14)11-6-7-11)19(10-18)12-4-2-1-3-5-12/h1-5,8-9,11,20H,6-7,10,18H2. The summed E-state index contributed by atoms with van der Waals surface area (Å²) in [6.45, 7) is 0.278. The van der Waals surface area contributed by atoms with E-state index in [0.717, 1.165) is 29.0 Å². The number of rotatable bonds is 4. The molecule has 2 nitrogen and oxygen atoms in total. The molecule has 2 aromatic rings. The van der Waals surface area contributed by atoms with E-state index < -0.39 is 0 Å². The fourth-order valence-electron chi connectivity index (χ4n) is 2.44. The van der Waals surface area contributed by atoms with Crippen molar-refractivity contribution in [1.82, 2.24) is 0 Å². The zero-order chi connectivity index (χ0) is 14.1. The molecule has 2 aromatic carbocycles. The van der Waals surface area contributed by atoms with Crippen molar-refractivity contribution >= 4 is 24.0 Å². The summed E-state index contributed by atoms with van der Waals surface area (Å²) in [5.74, 6) is 0.215. The topological polar surface area (TPSA) is 29.3 Å². The van der Waals surface area contributed by atoms with Crippen LogP contribution in [0.4, 0.5) is 15.8 Å². The number of hydrogen-bond donors (Lipinski definition) is 2. The molecule has 1 saturated carbocycles. The van der Waals surface area contributed by atoms with Gasteiger partial charge in [0.05, 0.1) is 12.4 Å². The predicted molar refractivity (Wildman–Crippen MR) is 83.3 cm³/mol. The third-order valence-corrected chi connectivity index (χ3v) is 4.01. The summed E-state index contributed by atoms with van der Waals surface area (Å²) in [4.78, 5) is 2.63. The molecule has 0 atom stereocenters. The minimum atomic E-state index is -0.158. The minimum Gasteiger partial charge on any atom is -0.327 e. The Morgan fingerprint density at radius 2 is 1.90 bits per heavy atom. The summed E-state index contributed by atoms with van der Waals surface area (Å²) >= 11 is 4.52. The monoisotopic (exact) mass is 288 g/mol. The Bertz CT molecular complexity index is 611. The summed E-state index contributed by atoms with van der Waals surface area (Å²) in [7, 11) is 0. The van der Waals surface area contributed by atoms with Gasteiger partial charge >= 0.3 is 0 Å². The molecule has 0 heterocycles. The summed E-state index contributed by atoms with van der Waals surface area (Å²) in [5.41, 5.74) is 8.26. The van der Waals surface area contributed by atoms with Gasteiger partial charge in [0.25, 0.3) is 0 Å². The van der Waals surface area contributed by atoms with Gasteiger partial charge in [-0.15, -0.1) is 12.6 Å². The van der Waals surface area contributed by atoms with E-state index in [1.807, 2.05) is 41.3 Å². The summed E-state index contributed by atoms with van der Waals surface area (Å²) < 4.78 is 14.2. The average molecular weight is 288 g/mol. The third-order valence-electron chi connectivity index (χ3n) is 3.65. The van der Waals surface area contributed by atoms with Crippen molar-refractivity contribution < 1.29 is 4.39 Å². The lowest BCUT2D eigenvalue weighted by Gasteiger charge is -2.25. The van der Waals surface area contributed by atoms with E-state index in [-0.39, 0.29) is 12.5 Å². The number of benzene rings is 2. The van der Waals surface area contributed by atoms with Crippen LogP contribution in [-0.4, -0.2) is 6.67 Å². The van der Waals surface area contributed by atoms with E-state index in [1.54, 1.807) is 6.07 Å². The lowest BCUT2D eigenvalue weighted by atomic mass is 10.1. The van der Waals surface area contributed by atoms with E-state index in [9.17, 15) is 4.39 Å². The highest BCUT2D eigenvalue weighted by molar-refractivity contribution is 7.80. The molecule has 20 heavy (non-hydrogen) atoms. The lowest BCUT2D eigenvalue weighted by Crippen LogP contribution is -2.25. The van der Waals surface area contributed by atoms with E-state index in [0.29, 0.717) is 11.6 Å². The Morgan fingerprint density at radius 1 is 1.20 bits per heavy atom. The molecule has 2 N–H and O–H groups in total. The second kappa shape index (κ2) is 5.46. The van der Waals surface area contributed by atoms with Crippen LogP contribution in [0.1, 0.15) is 24.3 Å². The Labute approximate surface area is 123 Å². The number of para-hydroxylation sites is 1. The molecular weight excluding hydrogens is 271 g/mol. The molecule has 0 saturated heterocycles. The van der Waals surface area contributed by atoms with Gasteiger partial charge in [-0.25, -0.2) is 4.39 Å². The van der Waals surface area contributed by atoms with Gasteiger partial charge in [-0.1, -0.05) is 18.2 Å². The number of halogens is 1. The van der Waals surface area contributed by atoms with Gasteiger partial charge in [-0.2, -0.15) is 0 Å². The van der Waals surface area contributed by atoms with Crippen LogP contribution in [0.15, 0.2) is 47.4 Å². The lowest BCUT2D eigenvalue weighted by molar-refractivity contribution is 0.609. The number of nitrogens with two attached hydrogens (primary N) is 1. The highest BCUT2D eigenvalue weighted by Crippen LogP contribution is 2.44. The van der Waals surface area contributed by atoms with E-state index in [2.05, 4.69) is 12.6 Å². The van der Waals surface area contributed by atoms with Gasteiger partial charge in [0.15, 0.2) is 0 Å². The second-order valence-corrected chi connectivity index (χ2v) is 5.56. The maximum atomic E-state index is 14.2. The molecule has 1 aliphatic rings. The van der Waals surface area contributed by atoms with Crippen molar-refractivity contribution in [2.75, 3.05) is 11.6 Å². The van der Waals surface area contributed by atoms with Crippen LogP contribution in [-0.2, 0) is 0 Å². The zero-order valence-corrected chi connectivity index (χ0v) is 12.0. The zero-order valence-electron chi connectivity index (χ0n) is 11.1. The number of thiol groups is 1. The van der Waals surface area contributed by atoms with Crippen molar-refractivity contribution in [2.45, 2.75) is 23.7 Å². The first kappa shape index (κ1) is 13.5. The van der Waals surface area contributed by atoms with Crippen LogP contribution in [0, 0.1) is 5.82 Å². The Hall–Kier alpha value is -1.52. The summed E-state index contributed by atoms with van der Waals surface area (Å²) in [6.07, 6.45) is 2.14. The SMILES string of the molecule is NCN(c1ccccc1)c1cc(F)c(C2CC2)cc1S. The first-order valence-corrected chi connectivity index (χ1v) is 7.20. The molecule has 4 heteroatoms. The normalized spacial score (nSPS) is 14.3. The molecule has 0 aliphatic heterocycles. The molecule has 104 valence electrons. The maximum absolute atomic E-state index is 14.2. The van der Waals surface area contributed by atoms with Crippen LogP contribution >= 0.6 is 12.6 Å². The van der Waals surface area contributed by atoms with Gasteiger partial charge < -0.3 is 10.6 Å². The molecule has 0 bridgehead atoms. The van der Waals surface area contributed by atoms with Crippen LogP contribution in [0.3, 0.4) is 0 Å². The van der Waals surface area contributed by atoms with Crippen LogP contribution < -0.4 is 10.6 Å². The van der Waals surface area contributed by atoms with Crippen molar-refractivity contribution in [3.63, 3.8) is 0 Å². The van der Waals surface area contributed by atoms with Gasteiger partial charge in [0, 0.05) is 10.6 Å². The van der Waals surface area contributed by atoms with Crippen molar-refractivity contribution in [3.8, 4) is 0 Å². The molecule has 1 fully saturated rings. The van der Waals surface area contributed by atoms with E-state index in [1.165, 1.54) is 0 Å². The van der Waals surface area contributed by atoms with Gasteiger partial charge in [-0.3, -0.25) is 0 Å². The predicted octanol–water partition coefficient (Wildman–Crippen LogP) is 4.05. The Balaban J connectivity index is 2.02. The minimum absolute atomic E-state index is 0.158. The van der Waals surface area contributed by atoms with E-state index in [4.69, 9.17) is 5.73 Å². The van der Waals surface area contributed by atoms with Crippen LogP contribution in [0.5, 0.6) is 0 Å².